The SMILES string of the molecule is C=CC(I)C1NC(C)CC(C=C)[C@H]1C. The highest BCUT2D eigenvalue weighted by Crippen LogP contribution is 2.31. The summed E-state index contributed by atoms with van der Waals surface area (Å²) >= 11 is 2.46. The van der Waals surface area contributed by atoms with E-state index >= 15 is 0 Å². The van der Waals surface area contributed by atoms with Gasteiger partial charge < -0.3 is 5.32 Å². The molecule has 1 rings (SSSR count). The van der Waals surface area contributed by atoms with Crippen LogP contribution in [0.1, 0.15) is 20.3 Å². The number of alkyl halides is 1. The first-order valence-electron chi connectivity index (χ1n) is 5.25. The summed E-state index contributed by atoms with van der Waals surface area (Å²) in [6, 6.07) is 1.14. The number of nitrogens with one attached hydrogen (secondary N) is 1. The summed E-state index contributed by atoms with van der Waals surface area (Å²) in [5, 5.41) is 3.65. The van der Waals surface area contributed by atoms with Crippen molar-refractivity contribution in [1.82, 2.24) is 5.32 Å². The first-order chi connectivity index (χ1) is 6.60. The average molecular weight is 305 g/mol. The van der Waals surface area contributed by atoms with Crippen molar-refractivity contribution in [3.05, 3.63) is 25.3 Å². The molecule has 0 amide bonds. The van der Waals surface area contributed by atoms with Gasteiger partial charge in [-0.2, -0.15) is 0 Å². The Bertz CT molecular complexity index is 214. The minimum Gasteiger partial charge on any atom is -0.310 e. The van der Waals surface area contributed by atoms with Gasteiger partial charge in [0.15, 0.2) is 0 Å². The van der Waals surface area contributed by atoms with Gasteiger partial charge in [0.1, 0.15) is 0 Å². The van der Waals surface area contributed by atoms with Crippen molar-refractivity contribution in [1.29, 1.82) is 0 Å². The molecule has 1 nitrogen and oxygen atoms in total. The lowest BCUT2D eigenvalue weighted by molar-refractivity contribution is 0.210. The standard InChI is InChI=1S/C12H20IN/c1-5-10-7-8(3)14-12(9(10)4)11(13)6-2/h5-6,8-12,14H,1-2,7H2,3-4H3/t8?,9-,10?,11?,12?/m1/s1. The maximum absolute atomic E-state index is 3.93. The molecule has 0 aromatic rings. The van der Waals surface area contributed by atoms with Gasteiger partial charge in [-0.15, -0.1) is 13.2 Å². The normalized spacial score (nSPS) is 40.2. The Morgan fingerprint density at radius 1 is 1.43 bits per heavy atom. The smallest absolute Gasteiger partial charge is 0.0443 e. The highest BCUT2D eigenvalue weighted by Gasteiger charge is 2.33. The van der Waals surface area contributed by atoms with E-state index in [-0.39, 0.29) is 0 Å². The molecular weight excluding hydrogens is 285 g/mol. The van der Waals surface area contributed by atoms with Gasteiger partial charge in [0, 0.05) is 16.0 Å². The topological polar surface area (TPSA) is 12.0 Å². The molecule has 2 heteroatoms. The van der Waals surface area contributed by atoms with Gasteiger partial charge in [0.2, 0.25) is 0 Å². The van der Waals surface area contributed by atoms with Crippen LogP contribution < -0.4 is 5.32 Å². The summed E-state index contributed by atoms with van der Waals surface area (Å²) in [6.45, 7) is 12.4. The maximum atomic E-state index is 3.93. The number of rotatable bonds is 3. The molecule has 4 unspecified atom stereocenters. The van der Waals surface area contributed by atoms with Crippen molar-refractivity contribution in [2.45, 2.75) is 36.3 Å². The van der Waals surface area contributed by atoms with Crippen LogP contribution in [0.4, 0.5) is 0 Å². The number of halogens is 1. The maximum Gasteiger partial charge on any atom is 0.0443 e. The van der Waals surface area contributed by atoms with Crippen LogP contribution in [0.5, 0.6) is 0 Å². The fraction of sp³-hybridized carbons (Fsp3) is 0.667. The zero-order valence-corrected chi connectivity index (χ0v) is 11.2. The predicted octanol–water partition coefficient (Wildman–Crippen LogP) is 3.16. The lowest BCUT2D eigenvalue weighted by Gasteiger charge is -2.41. The minimum atomic E-state index is 0.507. The van der Waals surface area contributed by atoms with Gasteiger partial charge in [-0.1, -0.05) is 41.7 Å². The first-order valence-corrected chi connectivity index (χ1v) is 6.50. The Hall–Kier alpha value is 0.170. The Morgan fingerprint density at radius 3 is 2.57 bits per heavy atom. The zero-order chi connectivity index (χ0) is 10.7. The number of hydrogen-bond acceptors (Lipinski definition) is 1. The Labute approximate surface area is 101 Å². The van der Waals surface area contributed by atoms with Crippen LogP contribution in [0.3, 0.4) is 0 Å². The van der Waals surface area contributed by atoms with Crippen molar-refractivity contribution < 1.29 is 0 Å². The molecule has 0 bridgehead atoms. The zero-order valence-electron chi connectivity index (χ0n) is 9.04. The summed E-state index contributed by atoms with van der Waals surface area (Å²) in [5.74, 6) is 1.30. The molecule has 0 aliphatic carbocycles. The van der Waals surface area contributed by atoms with Crippen LogP contribution in [0.15, 0.2) is 25.3 Å². The first kappa shape index (κ1) is 12.2. The lowest BCUT2D eigenvalue weighted by Crippen LogP contribution is -2.52. The van der Waals surface area contributed by atoms with Crippen molar-refractivity contribution in [3.8, 4) is 0 Å². The fourth-order valence-corrected chi connectivity index (χ4v) is 3.14. The van der Waals surface area contributed by atoms with Crippen LogP contribution in [-0.4, -0.2) is 16.0 Å². The van der Waals surface area contributed by atoms with Gasteiger partial charge in [0.25, 0.3) is 0 Å². The molecule has 0 aromatic heterocycles. The van der Waals surface area contributed by atoms with Crippen LogP contribution in [-0.2, 0) is 0 Å². The van der Waals surface area contributed by atoms with Gasteiger partial charge in [-0.05, 0) is 25.2 Å². The molecule has 0 saturated carbocycles. The van der Waals surface area contributed by atoms with Gasteiger partial charge >= 0.3 is 0 Å². The second kappa shape index (κ2) is 5.31. The molecule has 80 valence electrons. The second-order valence-electron chi connectivity index (χ2n) is 4.27. The van der Waals surface area contributed by atoms with E-state index in [4.69, 9.17) is 0 Å². The Morgan fingerprint density at radius 2 is 2.07 bits per heavy atom. The highest BCUT2D eigenvalue weighted by atomic mass is 127. The number of hydrogen-bond donors (Lipinski definition) is 1. The van der Waals surface area contributed by atoms with Crippen molar-refractivity contribution in [3.63, 3.8) is 0 Å². The quantitative estimate of drug-likeness (QED) is 0.480. The third-order valence-corrected chi connectivity index (χ3v) is 4.50. The van der Waals surface area contributed by atoms with Crippen LogP contribution in [0.2, 0.25) is 0 Å². The summed E-state index contributed by atoms with van der Waals surface area (Å²) in [7, 11) is 0. The van der Waals surface area contributed by atoms with E-state index in [1.165, 1.54) is 6.42 Å². The van der Waals surface area contributed by atoms with E-state index in [2.05, 4.69) is 61.0 Å². The molecule has 0 aromatic carbocycles. The lowest BCUT2D eigenvalue weighted by atomic mass is 9.78. The number of allylic oxidation sites excluding steroid dienone is 1. The molecule has 14 heavy (non-hydrogen) atoms. The van der Waals surface area contributed by atoms with E-state index in [1.54, 1.807) is 0 Å². The highest BCUT2D eigenvalue weighted by molar-refractivity contribution is 14.1. The largest absolute Gasteiger partial charge is 0.310 e. The third-order valence-electron chi connectivity index (χ3n) is 3.22. The molecule has 1 aliphatic heterocycles. The molecular formula is C12H20IN. The summed E-state index contributed by atoms with van der Waals surface area (Å²) in [5.41, 5.74) is 0. The predicted molar refractivity (Wildman–Crippen MR) is 71.9 cm³/mol. The van der Waals surface area contributed by atoms with E-state index in [0.29, 0.717) is 27.8 Å². The minimum absolute atomic E-state index is 0.507. The second-order valence-corrected chi connectivity index (χ2v) is 5.71. The van der Waals surface area contributed by atoms with Gasteiger partial charge in [-0.25, -0.2) is 0 Å². The van der Waals surface area contributed by atoms with E-state index in [0.717, 1.165) is 0 Å². The van der Waals surface area contributed by atoms with Crippen LogP contribution in [0.25, 0.3) is 0 Å². The molecule has 1 N–H and O–H groups in total. The monoisotopic (exact) mass is 305 g/mol. The molecule has 1 fully saturated rings. The van der Waals surface area contributed by atoms with Crippen molar-refractivity contribution in [2.75, 3.05) is 0 Å². The molecule has 1 heterocycles. The van der Waals surface area contributed by atoms with Gasteiger partial charge in [-0.3, -0.25) is 0 Å². The average Bonchev–Trinajstić information content (AvgIpc) is 2.19. The molecule has 0 radical (unpaired) electrons. The van der Waals surface area contributed by atoms with E-state index in [1.807, 2.05) is 6.08 Å². The summed E-state index contributed by atoms with van der Waals surface area (Å²) < 4.78 is 0.507. The van der Waals surface area contributed by atoms with E-state index < -0.39 is 0 Å². The summed E-state index contributed by atoms with van der Waals surface area (Å²) in [4.78, 5) is 0. The van der Waals surface area contributed by atoms with Gasteiger partial charge in [0.05, 0.1) is 0 Å². The van der Waals surface area contributed by atoms with Crippen LogP contribution in [0, 0.1) is 11.8 Å². The summed E-state index contributed by atoms with van der Waals surface area (Å²) in [6.07, 6.45) is 5.36. The Balaban J connectivity index is 2.73. The third kappa shape index (κ3) is 2.60. The molecule has 5 atom stereocenters. The molecule has 0 spiro atoms. The van der Waals surface area contributed by atoms with Crippen molar-refractivity contribution >= 4 is 22.6 Å². The van der Waals surface area contributed by atoms with Crippen LogP contribution >= 0.6 is 22.6 Å². The van der Waals surface area contributed by atoms with E-state index in [9.17, 15) is 0 Å². The fourth-order valence-electron chi connectivity index (χ4n) is 2.28. The molecule has 1 saturated heterocycles. The van der Waals surface area contributed by atoms with Crippen molar-refractivity contribution in [2.24, 2.45) is 11.8 Å². The molecule has 1 aliphatic rings. The Kier molecular flexibility index (Phi) is 4.64. The number of piperidine rings is 1.